The van der Waals surface area contributed by atoms with Crippen LogP contribution in [-0.4, -0.2) is 34.3 Å². The number of carbonyl (C=O) groups excluding carboxylic acids is 2. The number of unbranched alkanes of at least 4 members (excludes halogenated alkanes) is 1. The van der Waals surface area contributed by atoms with Gasteiger partial charge in [-0.3, -0.25) is 9.59 Å². The smallest absolute Gasteiger partial charge is 0.249 e. The molecule has 0 aromatic heterocycles. The molecule has 0 atom stereocenters. The Balaban J connectivity index is 3.08. The zero-order valence-corrected chi connectivity index (χ0v) is 12.3. The Morgan fingerprint density at radius 1 is 1.11 bits per heavy atom. The fraction of sp³-hybridized carbons (Fsp3) is 0.857. The van der Waals surface area contributed by atoms with E-state index >= 15 is 0 Å². The summed E-state index contributed by atoms with van der Waals surface area (Å²) < 4.78 is 0. The van der Waals surface area contributed by atoms with Crippen molar-refractivity contribution < 1.29 is 9.59 Å². The Hall–Kier alpha value is -1.06. The first-order chi connectivity index (χ1) is 8.35. The maximum atomic E-state index is 12.7. The van der Waals surface area contributed by atoms with Gasteiger partial charge in [-0.25, -0.2) is 0 Å². The molecular formula is C14H26N2O2. The highest BCUT2D eigenvalue weighted by Gasteiger charge is 2.52. The molecule has 104 valence electrons. The van der Waals surface area contributed by atoms with Gasteiger partial charge < -0.3 is 10.2 Å². The number of nitrogens with zero attached hydrogens (tertiary/aromatic N) is 1. The first-order valence-corrected chi connectivity index (χ1v) is 7.00. The summed E-state index contributed by atoms with van der Waals surface area (Å²) in [5.41, 5.74) is -1.43. The minimum absolute atomic E-state index is 0.0399. The molecule has 0 bridgehead atoms. The molecule has 0 unspecified atom stereocenters. The lowest BCUT2D eigenvalue weighted by atomic mass is 9.83. The first kappa shape index (κ1) is 15.0. The summed E-state index contributed by atoms with van der Waals surface area (Å²) in [6, 6.07) is 0. The Labute approximate surface area is 110 Å². The van der Waals surface area contributed by atoms with Crippen LogP contribution in [0.25, 0.3) is 0 Å². The quantitative estimate of drug-likeness (QED) is 0.816. The van der Waals surface area contributed by atoms with Gasteiger partial charge in [-0.1, -0.05) is 27.2 Å². The Morgan fingerprint density at radius 2 is 1.67 bits per heavy atom. The van der Waals surface area contributed by atoms with E-state index in [1.165, 1.54) is 0 Å². The van der Waals surface area contributed by atoms with Crippen LogP contribution in [-0.2, 0) is 9.59 Å². The molecule has 1 fully saturated rings. The number of hydrogen-bond donors (Lipinski definition) is 1. The van der Waals surface area contributed by atoms with Gasteiger partial charge in [-0.05, 0) is 33.1 Å². The molecule has 1 N–H and O–H groups in total. The van der Waals surface area contributed by atoms with Gasteiger partial charge in [0.2, 0.25) is 11.8 Å². The molecule has 1 heterocycles. The van der Waals surface area contributed by atoms with E-state index in [0.717, 1.165) is 12.8 Å². The van der Waals surface area contributed by atoms with Crippen LogP contribution in [0.2, 0.25) is 0 Å². The van der Waals surface area contributed by atoms with Gasteiger partial charge >= 0.3 is 0 Å². The number of hydrogen-bond acceptors (Lipinski definition) is 2. The monoisotopic (exact) mass is 254 g/mol. The lowest BCUT2D eigenvalue weighted by Crippen LogP contribution is -2.73. The second kappa shape index (κ2) is 5.29. The lowest BCUT2D eigenvalue weighted by Gasteiger charge is -2.49. The van der Waals surface area contributed by atoms with Gasteiger partial charge in [0, 0.05) is 6.54 Å². The van der Waals surface area contributed by atoms with Crippen LogP contribution < -0.4 is 5.32 Å². The number of carbonyl (C=O) groups is 2. The van der Waals surface area contributed by atoms with E-state index in [1.54, 1.807) is 4.90 Å². The lowest BCUT2D eigenvalue weighted by molar-refractivity contribution is -0.161. The van der Waals surface area contributed by atoms with Crippen LogP contribution in [0.15, 0.2) is 0 Å². The topological polar surface area (TPSA) is 49.4 Å². The van der Waals surface area contributed by atoms with Crippen molar-refractivity contribution >= 4 is 11.8 Å². The molecule has 0 aliphatic carbocycles. The Morgan fingerprint density at radius 3 is 2.11 bits per heavy atom. The van der Waals surface area contributed by atoms with Crippen LogP contribution in [0.1, 0.15) is 60.3 Å². The van der Waals surface area contributed by atoms with Gasteiger partial charge in [0.25, 0.3) is 0 Å². The molecule has 0 radical (unpaired) electrons. The van der Waals surface area contributed by atoms with Crippen molar-refractivity contribution in [3.63, 3.8) is 0 Å². The zero-order chi connectivity index (χ0) is 14.0. The number of rotatable bonds is 5. The summed E-state index contributed by atoms with van der Waals surface area (Å²) in [7, 11) is 0. The van der Waals surface area contributed by atoms with Crippen molar-refractivity contribution in [2.24, 2.45) is 0 Å². The second-order valence-electron chi connectivity index (χ2n) is 5.61. The summed E-state index contributed by atoms with van der Waals surface area (Å²) in [6.45, 7) is 10.3. The van der Waals surface area contributed by atoms with Crippen molar-refractivity contribution in [2.45, 2.75) is 71.4 Å². The molecule has 4 heteroatoms. The van der Waals surface area contributed by atoms with E-state index in [1.807, 2.05) is 27.7 Å². The van der Waals surface area contributed by atoms with Crippen molar-refractivity contribution in [1.82, 2.24) is 10.2 Å². The average Bonchev–Trinajstić information content (AvgIpc) is 2.34. The van der Waals surface area contributed by atoms with Crippen LogP contribution in [0.5, 0.6) is 0 Å². The van der Waals surface area contributed by atoms with Crippen LogP contribution in [0.4, 0.5) is 0 Å². The number of amides is 2. The Bertz CT molecular complexity index is 333. The van der Waals surface area contributed by atoms with E-state index in [-0.39, 0.29) is 11.8 Å². The molecule has 1 rings (SSSR count). The number of nitrogens with one attached hydrogen (secondary N) is 1. The molecule has 0 spiro atoms. The molecule has 18 heavy (non-hydrogen) atoms. The predicted octanol–water partition coefficient (Wildman–Crippen LogP) is 2.08. The maximum absolute atomic E-state index is 12.7. The molecule has 1 saturated heterocycles. The third-order valence-electron chi connectivity index (χ3n) is 4.18. The molecule has 0 saturated carbocycles. The molecule has 0 aromatic rings. The average molecular weight is 254 g/mol. The van der Waals surface area contributed by atoms with Gasteiger partial charge in [0.05, 0.1) is 0 Å². The molecular weight excluding hydrogens is 228 g/mol. The van der Waals surface area contributed by atoms with Crippen molar-refractivity contribution in [3.8, 4) is 0 Å². The van der Waals surface area contributed by atoms with Crippen molar-refractivity contribution in [3.05, 3.63) is 0 Å². The molecule has 0 aromatic carbocycles. The SMILES string of the molecule is CCCCN1C(=O)C(CC)(CC)NC(=O)C1(C)C. The van der Waals surface area contributed by atoms with Crippen molar-refractivity contribution in [2.75, 3.05) is 6.54 Å². The first-order valence-electron chi connectivity index (χ1n) is 7.00. The Kier molecular flexibility index (Phi) is 4.41. The third kappa shape index (κ3) is 2.25. The fourth-order valence-electron chi connectivity index (χ4n) is 2.49. The van der Waals surface area contributed by atoms with Gasteiger partial charge in [-0.2, -0.15) is 0 Å². The van der Waals surface area contributed by atoms with Crippen LogP contribution in [0, 0.1) is 0 Å². The molecule has 4 nitrogen and oxygen atoms in total. The highest BCUT2D eigenvalue weighted by Crippen LogP contribution is 2.30. The minimum atomic E-state index is -0.736. The number of piperazine rings is 1. The summed E-state index contributed by atoms with van der Waals surface area (Å²) >= 11 is 0. The van der Waals surface area contributed by atoms with E-state index in [4.69, 9.17) is 0 Å². The van der Waals surface area contributed by atoms with E-state index in [2.05, 4.69) is 12.2 Å². The van der Waals surface area contributed by atoms with Gasteiger partial charge in [0.1, 0.15) is 11.1 Å². The second-order valence-corrected chi connectivity index (χ2v) is 5.61. The third-order valence-corrected chi connectivity index (χ3v) is 4.18. The summed E-state index contributed by atoms with van der Waals surface area (Å²) in [5.74, 6) is 0.0347. The minimum Gasteiger partial charge on any atom is -0.340 e. The fourth-order valence-corrected chi connectivity index (χ4v) is 2.49. The maximum Gasteiger partial charge on any atom is 0.249 e. The summed E-state index contributed by atoms with van der Waals surface area (Å²) in [6.07, 6.45) is 3.25. The standard InChI is InChI=1S/C14H26N2O2/c1-6-9-10-16-12(18)14(7-2,8-3)15-11(17)13(16,4)5/h6-10H2,1-5H3,(H,15,17). The van der Waals surface area contributed by atoms with Crippen molar-refractivity contribution in [1.29, 1.82) is 0 Å². The molecule has 1 aliphatic heterocycles. The van der Waals surface area contributed by atoms with Gasteiger partial charge in [0.15, 0.2) is 0 Å². The van der Waals surface area contributed by atoms with Crippen LogP contribution in [0.3, 0.4) is 0 Å². The van der Waals surface area contributed by atoms with E-state index in [0.29, 0.717) is 19.4 Å². The normalized spacial score (nSPS) is 21.9. The zero-order valence-electron chi connectivity index (χ0n) is 12.3. The highest BCUT2D eigenvalue weighted by molar-refractivity contribution is 6.01. The van der Waals surface area contributed by atoms with E-state index in [9.17, 15) is 9.59 Å². The van der Waals surface area contributed by atoms with Crippen LogP contribution >= 0.6 is 0 Å². The summed E-state index contributed by atoms with van der Waals surface area (Å²) in [4.78, 5) is 26.7. The largest absolute Gasteiger partial charge is 0.340 e. The molecule has 2 amide bonds. The molecule has 1 aliphatic rings. The summed E-state index contributed by atoms with van der Waals surface area (Å²) in [5, 5.41) is 2.95. The van der Waals surface area contributed by atoms with Gasteiger partial charge in [-0.15, -0.1) is 0 Å². The highest BCUT2D eigenvalue weighted by atomic mass is 16.2. The predicted molar refractivity (Wildman–Crippen MR) is 72.2 cm³/mol. The van der Waals surface area contributed by atoms with E-state index < -0.39 is 11.1 Å².